The number of ether oxygens (including phenoxy) is 2. The first-order valence-electron chi connectivity index (χ1n) is 11.1. The Morgan fingerprint density at radius 2 is 1.86 bits per heavy atom. The van der Waals surface area contributed by atoms with Crippen LogP contribution in [0.25, 0.3) is 10.9 Å². The van der Waals surface area contributed by atoms with Gasteiger partial charge in [0.1, 0.15) is 18.1 Å². The first-order valence-corrected chi connectivity index (χ1v) is 11.9. The number of para-hydroxylation sites is 3. The number of phenols is 1. The first kappa shape index (κ1) is 24.4. The van der Waals surface area contributed by atoms with Crippen LogP contribution in [0.2, 0.25) is 0 Å². The van der Waals surface area contributed by atoms with E-state index in [2.05, 4.69) is 14.6 Å². The summed E-state index contributed by atoms with van der Waals surface area (Å²) in [6.45, 7) is 1.88. The molecule has 0 spiro atoms. The summed E-state index contributed by atoms with van der Waals surface area (Å²) in [6, 6.07) is 22.4. The van der Waals surface area contributed by atoms with E-state index in [9.17, 15) is 9.90 Å². The Hall–Kier alpha value is -3.75. The lowest BCUT2D eigenvalue weighted by Crippen LogP contribution is -2.51. The highest BCUT2D eigenvalue weighted by Crippen LogP contribution is 2.32. The molecule has 0 unspecified atom stereocenters. The molecular formula is C27H27N3O4S. The molecule has 1 aromatic heterocycles. The zero-order valence-electron chi connectivity index (χ0n) is 19.5. The van der Waals surface area contributed by atoms with E-state index in [1.165, 1.54) is 11.9 Å². The second-order valence-electron chi connectivity index (χ2n) is 8.04. The third kappa shape index (κ3) is 6.23. The van der Waals surface area contributed by atoms with Crippen LogP contribution in [0.3, 0.4) is 0 Å². The van der Waals surface area contributed by atoms with Crippen molar-refractivity contribution >= 4 is 34.8 Å². The summed E-state index contributed by atoms with van der Waals surface area (Å²) in [4.78, 5) is 18.4. The monoisotopic (exact) mass is 489 g/mol. The minimum atomic E-state index is 0.219. The van der Waals surface area contributed by atoms with Crippen molar-refractivity contribution < 1.29 is 19.4 Å². The van der Waals surface area contributed by atoms with Gasteiger partial charge in [0.25, 0.3) is 0 Å². The van der Waals surface area contributed by atoms with Crippen LogP contribution in [0.15, 0.2) is 83.9 Å². The van der Waals surface area contributed by atoms with Crippen molar-refractivity contribution in [2.75, 3.05) is 32.0 Å². The van der Waals surface area contributed by atoms with E-state index >= 15 is 0 Å². The van der Waals surface area contributed by atoms with Crippen LogP contribution < -0.4 is 14.2 Å². The van der Waals surface area contributed by atoms with Crippen LogP contribution >= 0.6 is 11.9 Å². The molecule has 3 aromatic carbocycles. The smallest absolute Gasteiger partial charge is 0.161 e. The molecule has 8 heteroatoms. The number of nitrogens with one attached hydrogen (secondary N) is 1. The minimum absolute atomic E-state index is 0.219. The number of carbonyl (C=O) groups excluding carboxylic acids is 1. The fourth-order valence-corrected chi connectivity index (χ4v) is 4.39. The average molecular weight is 490 g/mol. The van der Waals surface area contributed by atoms with Crippen LogP contribution in [0.5, 0.6) is 17.2 Å². The van der Waals surface area contributed by atoms with Gasteiger partial charge in [-0.3, -0.25) is 14.7 Å². The van der Waals surface area contributed by atoms with Crippen molar-refractivity contribution in [1.82, 2.24) is 9.88 Å². The van der Waals surface area contributed by atoms with Gasteiger partial charge in [-0.15, -0.1) is 0 Å². The predicted octanol–water partition coefficient (Wildman–Crippen LogP) is 5.26. The standard InChI is InChI=1S/C17H14N2O2S.C10H13NO2/c1-21-15-10-12(11-20)7-8-14(15)19-22-16-6-2-4-13-5-3-9-18-17(13)16;1-11-6-8(7-11)13-10-5-3-2-4-9(10)12/h2-11,19H,1H3;2-5,8,12H,6-7H2,1H3. The highest BCUT2D eigenvalue weighted by atomic mass is 32.2. The topological polar surface area (TPSA) is 83.9 Å². The average Bonchev–Trinajstić information content (AvgIpc) is 2.88. The molecule has 5 rings (SSSR count). The molecule has 1 aliphatic rings. The lowest BCUT2D eigenvalue weighted by Gasteiger charge is -2.36. The van der Waals surface area contributed by atoms with Gasteiger partial charge in [0.15, 0.2) is 11.5 Å². The quantitative estimate of drug-likeness (QED) is 0.269. The molecule has 180 valence electrons. The van der Waals surface area contributed by atoms with E-state index in [0.717, 1.165) is 40.9 Å². The molecule has 2 N–H and O–H groups in total. The summed E-state index contributed by atoms with van der Waals surface area (Å²) >= 11 is 1.47. The SMILES string of the molecule is CN1CC(Oc2ccccc2O)C1.COc1cc(C=O)ccc1NSc1cccc2cccnc12. The Morgan fingerprint density at radius 3 is 2.60 bits per heavy atom. The molecule has 1 fully saturated rings. The molecule has 1 saturated heterocycles. The lowest BCUT2D eigenvalue weighted by molar-refractivity contribution is 0.0370. The number of hydrogen-bond donors (Lipinski definition) is 2. The second-order valence-corrected chi connectivity index (χ2v) is 8.89. The van der Waals surface area contributed by atoms with Gasteiger partial charge in [-0.05, 0) is 61.5 Å². The molecule has 0 amide bonds. The second kappa shape index (κ2) is 11.6. The molecule has 4 aromatic rings. The molecule has 0 aliphatic carbocycles. The number of rotatable bonds is 7. The van der Waals surface area contributed by atoms with Crippen molar-refractivity contribution in [3.05, 3.63) is 84.6 Å². The summed E-state index contributed by atoms with van der Waals surface area (Å²) in [6.07, 6.45) is 2.82. The number of carbonyl (C=O) groups is 1. The number of aromatic hydroxyl groups is 1. The lowest BCUT2D eigenvalue weighted by atomic mass is 10.2. The van der Waals surface area contributed by atoms with E-state index in [1.807, 2.05) is 49.5 Å². The summed E-state index contributed by atoms with van der Waals surface area (Å²) in [5, 5.41) is 10.5. The first-order chi connectivity index (χ1) is 17.1. The van der Waals surface area contributed by atoms with Crippen molar-refractivity contribution in [3.63, 3.8) is 0 Å². The number of anilines is 1. The molecule has 0 saturated carbocycles. The molecule has 0 radical (unpaired) electrons. The summed E-state index contributed by atoms with van der Waals surface area (Å²) in [5.74, 6) is 1.43. The summed E-state index contributed by atoms with van der Waals surface area (Å²) in [7, 11) is 3.63. The Kier molecular flexibility index (Phi) is 8.07. The van der Waals surface area contributed by atoms with E-state index in [-0.39, 0.29) is 11.9 Å². The number of aldehydes is 1. The number of nitrogens with zero attached hydrogens (tertiary/aromatic N) is 2. The predicted molar refractivity (Wildman–Crippen MR) is 140 cm³/mol. The normalized spacial score (nSPS) is 13.3. The van der Waals surface area contributed by atoms with Crippen LogP contribution in [-0.2, 0) is 0 Å². The Labute approximate surface area is 208 Å². The molecule has 35 heavy (non-hydrogen) atoms. The van der Waals surface area contributed by atoms with Gasteiger partial charge >= 0.3 is 0 Å². The van der Waals surface area contributed by atoms with Gasteiger partial charge in [-0.2, -0.15) is 0 Å². The van der Waals surface area contributed by atoms with Gasteiger partial charge in [-0.1, -0.05) is 30.3 Å². The third-order valence-corrected chi connectivity index (χ3v) is 6.29. The van der Waals surface area contributed by atoms with Crippen molar-refractivity contribution in [1.29, 1.82) is 0 Å². The fourth-order valence-electron chi connectivity index (χ4n) is 3.59. The van der Waals surface area contributed by atoms with E-state index in [1.54, 1.807) is 43.6 Å². The largest absolute Gasteiger partial charge is 0.504 e. The summed E-state index contributed by atoms with van der Waals surface area (Å²) in [5.41, 5.74) is 2.34. The number of fused-ring (bicyclic) bond motifs is 1. The zero-order valence-corrected chi connectivity index (χ0v) is 20.4. The number of hydrogen-bond acceptors (Lipinski definition) is 8. The summed E-state index contributed by atoms with van der Waals surface area (Å²) < 4.78 is 14.1. The maximum atomic E-state index is 10.8. The number of pyridine rings is 1. The van der Waals surface area contributed by atoms with Crippen molar-refractivity contribution in [3.8, 4) is 17.2 Å². The number of methoxy groups -OCH3 is 1. The van der Waals surface area contributed by atoms with Gasteiger partial charge in [0.2, 0.25) is 0 Å². The van der Waals surface area contributed by atoms with Gasteiger partial charge in [-0.25, -0.2) is 0 Å². The van der Waals surface area contributed by atoms with E-state index in [0.29, 0.717) is 17.1 Å². The molecule has 1 aliphatic heterocycles. The number of phenolic OH excluding ortho intramolecular Hbond substituents is 1. The fraction of sp³-hybridized carbons (Fsp3) is 0.185. The van der Waals surface area contributed by atoms with Gasteiger partial charge in [0.05, 0.1) is 23.2 Å². The Bertz CT molecular complexity index is 1290. The van der Waals surface area contributed by atoms with Crippen molar-refractivity contribution in [2.24, 2.45) is 0 Å². The molecule has 7 nitrogen and oxygen atoms in total. The van der Waals surface area contributed by atoms with E-state index < -0.39 is 0 Å². The number of likely N-dealkylation sites (N-methyl/N-ethyl adjacent to an activating group) is 1. The minimum Gasteiger partial charge on any atom is -0.504 e. The van der Waals surface area contributed by atoms with Gasteiger partial charge < -0.3 is 19.3 Å². The maximum absolute atomic E-state index is 10.8. The van der Waals surface area contributed by atoms with Gasteiger partial charge in [0, 0.05) is 30.2 Å². The van der Waals surface area contributed by atoms with Crippen LogP contribution in [0, 0.1) is 0 Å². The van der Waals surface area contributed by atoms with Crippen molar-refractivity contribution in [2.45, 2.75) is 11.0 Å². The maximum Gasteiger partial charge on any atom is 0.161 e. The number of benzene rings is 3. The number of likely N-dealkylation sites (tertiary alicyclic amines) is 1. The highest BCUT2D eigenvalue weighted by Gasteiger charge is 2.25. The third-order valence-electron chi connectivity index (χ3n) is 5.42. The highest BCUT2D eigenvalue weighted by molar-refractivity contribution is 8.00. The van der Waals surface area contributed by atoms with Crippen LogP contribution in [-0.4, -0.2) is 54.6 Å². The van der Waals surface area contributed by atoms with Crippen LogP contribution in [0.4, 0.5) is 5.69 Å². The Morgan fingerprint density at radius 1 is 1.06 bits per heavy atom. The zero-order chi connectivity index (χ0) is 24.6. The van der Waals surface area contributed by atoms with Crippen LogP contribution in [0.1, 0.15) is 10.4 Å². The Balaban J connectivity index is 0.000000189. The molecule has 2 heterocycles. The molecular weight excluding hydrogens is 462 g/mol. The molecule has 0 atom stereocenters. The molecule has 0 bridgehead atoms. The van der Waals surface area contributed by atoms with E-state index in [4.69, 9.17) is 9.47 Å². The number of aromatic nitrogens is 1.